The second kappa shape index (κ2) is 18.1. The maximum Gasteiger partial charge on any atom is 0.418 e. The third-order valence-corrected chi connectivity index (χ3v) is 12.2. The molecule has 7 rings (SSSR count). The Balaban J connectivity index is 1.13. The number of benzene rings is 4. The standard InChI is InChI=1S/C42H34F3N9O7S2/c1-28-50-51-39(61-28)31-9-4-10-36(23-31)62(57,58)34-17-13-32(14-18-34)48-40(55)53(26-29-7-5-21-46-24-29)54(27-30-8-6-22-47-25-30)41(56)49-33-15-19-35(20-16-33)63(59,60)52-38-12-3-2-11-37(38)42(43,44)45/h2-25,52H,26-27H2,1H3,(H,48,55)(H,49,56). The third kappa shape index (κ3) is 10.5. The Morgan fingerprint density at radius 2 is 1.21 bits per heavy atom. The fraction of sp³-hybridized carbons (Fsp3) is 0.0952. The number of para-hydroxylation sites is 1. The molecule has 0 saturated carbocycles. The summed E-state index contributed by atoms with van der Waals surface area (Å²) in [5, 5.41) is 15.3. The number of hydrogen-bond donors (Lipinski definition) is 3. The molecule has 0 bridgehead atoms. The number of sulfone groups is 1. The van der Waals surface area contributed by atoms with Crippen molar-refractivity contribution in [2.24, 2.45) is 0 Å². The summed E-state index contributed by atoms with van der Waals surface area (Å²) in [6.45, 7) is 1.21. The van der Waals surface area contributed by atoms with Gasteiger partial charge in [0.15, 0.2) is 0 Å². The zero-order valence-electron chi connectivity index (χ0n) is 32.8. The monoisotopic (exact) mass is 897 g/mol. The van der Waals surface area contributed by atoms with Crippen LogP contribution in [0.15, 0.2) is 165 Å². The Bertz CT molecular complexity index is 2960. The summed E-state index contributed by atoms with van der Waals surface area (Å²) in [6, 6.07) is 25.1. The fourth-order valence-electron chi connectivity index (χ4n) is 6.04. The number of carbonyl (C=O) groups excluding carboxylic acids is 2. The molecular formula is C42H34F3N9O7S2. The van der Waals surface area contributed by atoms with Crippen LogP contribution in [-0.2, 0) is 39.1 Å². The molecule has 0 aliphatic carbocycles. The molecule has 0 radical (unpaired) electrons. The van der Waals surface area contributed by atoms with Crippen molar-refractivity contribution in [2.75, 3.05) is 15.4 Å². The number of nitrogens with one attached hydrogen (secondary N) is 3. The molecule has 0 fully saturated rings. The van der Waals surface area contributed by atoms with Gasteiger partial charge in [0.1, 0.15) is 0 Å². The van der Waals surface area contributed by atoms with Gasteiger partial charge in [-0.05, 0) is 102 Å². The number of sulfonamides is 1. The number of aromatic nitrogens is 4. The van der Waals surface area contributed by atoms with Crippen LogP contribution in [0, 0.1) is 6.92 Å². The summed E-state index contributed by atoms with van der Waals surface area (Å²) in [5.74, 6) is 0.463. The van der Waals surface area contributed by atoms with Gasteiger partial charge in [-0.25, -0.2) is 36.4 Å². The van der Waals surface area contributed by atoms with E-state index in [-0.39, 0.29) is 40.1 Å². The molecule has 16 nitrogen and oxygen atoms in total. The zero-order chi connectivity index (χ0) is 44.8. The molecule has 3 N–H and O–H groups in total. The van der Waals surface area contributed by atoms with Gasteiger partial charge >= 0.3 is 18.2 Å². The van der Waals surface area contributed by atoms with Crippen LogP contribution in [0.5, 0.6) is 0 Å². The smallest absolute Gasteiger partial charge is 0.418 e. The minimum Gasteiger partial charge on any atom is -0.421 e. The van der Waals surface area contributed by atoms with E-state index in [4.69, 9.17) is 4.42 Å². The lowest BCUT2D eigenvalue weighted by atomic mass is 10.2. The van der Waals surface area contributed by atoms with E-state index in [1.54, 1.807) is 43.3 Å². The number of pyridine rings is 2. The van der Waals surface area contributed by atoms with Crippen LogP contribution in [0.2, 0.25) is 0 Å². The molecule has 7 aromatic rings. The highest BCUT2D eigenvalue weighted by molar-refractivity contribution is 7.92. The summed E-state index contributed by atoms with van der Waals surface area (Å²) in [5.41, 5.74) is -0.161. The van der Waals surface area contributed by atoms with Crippen LogP contribution >= 0.6 is 0 Å². The Morgan fingerprint density at radius 1 is 0.651 bits per heavy atom. The number of amides is 4. The lowest BCUT2D eigenvalue weighted by Gasteiger charge is -2.35. The molecule has 3 heterocycles. The van der Waals surface area contributed by atoms with Crippen LogP contribution in [0.4, 0.5) is 39.8 Å². The van der Waals surface area contributed by atoms with Gasteiger partial charge in [0, 0.05) is 48.6 Å². The number of aryl methyl sites for hydroxylation is 1. The van der Waals surface area contributed by atoms with Gasteiger partial charge in [0.25, 0.3) is 10.0 Å². The normalized spacial score (nSPS) is 11.7. The van der Waals surface area contributed by atoms with E-state index in [0.717, 1.165) is 40.3 Å². The maximum absolute atomic E-state index is 14.2. The van der Waals surface area contributed by atoms with Gasteiger partial charge in [-0.3, -0.25) is 14.7 Å². The van der Waals surface area contributed by atoms with Crippen molar-refractivity contribution in [3.05, 3.63) is 169 Å². The molecule has 0 spiro atoms. The zero-order valence-corrected chi connectivity index (χ0v) is 34.4. The average molecular weight is 898 g/mol. The van der Waals surface area contributed by atoms with Crippen molar-refractivity contribution in [3.8, 4) is 11.5 Å². The molecule has 0 aliphatic rings. The van der Waals surface area contributed by atoms with E-state index >= 15 is 0 Å². The van der Waals surface area contributed by atoms with E-state index in [2.05, 4.69) is 30.8 Å². The number of alkyl halides is 3. The molecular weight excluding hydrogens is 864 g/mol. The van der Waals surface area contributed by atoms with Crippen LogP contribution < -0.4 is 15.4 Å². The molecule has 4 amide bonds. The van der Waals surface area contributed by atoms with E-state index < -0.39 is 54.2 Å². The van der Waals surface area contributed by atoms with Gasteiger partial charge in [-0.1, -0.05) is 30.3 Å². The van der Waals surface area contributed by atoms with E-state index in [9.17, 15) is 39.6 Å². The number of anilines is 3. The predicted molar refractivity (Wildman–Crippen MR) is 223 cm³/mol. The third-order valence-electron chi connectivity index (χ3n) is 9.10. The first kappa shape index (κ1) is 43.4. The number of hydrazine groups is 1. The van der Waals surface area contributed by atoms with E-state index in [1.165, 1.54) is 79.4 Å². The number of carbonyl (C=O) groups is 2. The number of nitrogens with zero attached hydrogens (tertiary/aromatic N) is 6. The first-order chi connectivity index (χ1) is 30.1. The van der Waals surface area contributed by atoms with Crippen LogP contribution in [-0.4, -0.2) is 59.1 Å². The summed E-state index contributed by atoms with van der Waals surface area (Å²) < 4.78 is 102. The quantitative estimate of drug-likeness (QED) is 0.0996. The predicted octanol–water partition coefficient (Wildman–Crippen LogP) is 8.17. The van der Waals surface area contributed by atoms with Gasteiger partial charge in [0.05, 0.1) is 39.0 Å². The Morgan fingerprint density at radius 3 is 1.71 bits per heavy atom. The summed E-state index contributed by atoms with van der Waals surface area (Å²) in [7, 11) is -8.56. The molecule has 4 aromatic carbocycles. The van der Waals surface area contributed by atoms with Crippen molar-refractivity contribution in [1.29, 1.82) is 0 Å². The van der Waals surface area contributed by atoms with Gasteiger partial charge in [-0.15, -0.1) is 10.2 Å². The topological polar surface area (TPSA) is 210 Å². The largest absolute Gasteiger partial charge is 0.421 e. The van der Waals surface area contributed by atoms with Crippen molar-refractivity contribution in [3.63, 3.8) is 0 Å². The fourth-order valence-corrected chi connectivity index (χ4v) is 8.43. The molecule has 3 aromatic heterocycles. The van der Waals surface area contributed by atoms with E-state index in [1.807, 2.05) is 4.72 Å². The Hall–Kier alpha value is -7.65. The van der Waals surface area contributed by atoms with Crippen LogP contribution in [0.25, 0.3) is 11.5 Å². The van der Waals surface area contributed by atoms with Crippen LogP contribution in [0.3, 0.4) is 0 Å². The molecule has 322 valence electrons. The Kier molecular flexibility index (Phi) is 12.5. The lowest BCUT2D eigenvalue weighted by Crippen LogP contribution is -2.52. The minimum absolute atomic E-state index is 0.0352. The van der Waals surface area contributed by atoms with Crippen molar-refractivity contribution < 1.29 is 44.0 Å². The highest BCUT2D eigenvalue weighted by Gasteiger charge is 2.34. The number of urea groups is 2. The highest BCUT2D eigenvalue weighted by atomic mass is 32.2. The second-order valence-electron chi connectivity index (χ2n) is 13.6. The SMILES string of the molecule is Cc1nnc(-c2cccc(S(=O)(=O)c3ccc(NC(=O)N(Cc4cccnc4)N(Cc4cccnc4)C(=O)Nc4ccc(S(=O)(=O)Nc5ccccc5C(F)(F)F)cc4)cc3)c2)o1. The van der Waals surface area contributed by atoms with Gasteiger partial charge < -0.3 is 15.1 Å². The van der Waals surface area contributed by atoms with Crippen LogP contribution in [0.1, 0.15) is 22.6 Å². The van der Waals surface area contributed by atoms with Gasteiger partial charge in [-0.2, -0.15) is 13.2 Å². The maximum atomic E-state index is 14.2. The summed E-state index contributed by atoms with van der Waals surface area (Å²) in [6.07, 6.45) is 1.21. The van der Waals surface area contributed by atoms with Crippen molar-refractivity contribution in [1.82, 2.24) is 30.2 Å². The number of rotatable bonds is 12. The summed E-state index contributed by atoms with van der Waals surface area (Å²) >= 11 is 0. The van der Waals surface area contributed by atoms with Crippen molar-refractivity contribution >= 4 is 49.0 Å². The molecule has 63 heavy (non-hydrogen) atoms. The molecule has 0 saturated heterocycles. The highest BCUT2D eigenvalue weighted by Crippen LogP contribution is 2.36. The second-order valence-corrected chi connectivity index (χ2v) is 17.2. The molecule has 0 aliphatic heterocycles. The summed E-state index contributed by atoms with van der Waals surface area (Å²) in [4.78, 5) is 36.2. The van der Waals surface area contributed by atoms with E-state index in [0.29, 0.717) is 22.6 Å². The first-order valence-electron chi connectivity index (χ1n) is 18.6. The number of hydrogen-bond acceptors (Lipinski definition) is 11. The first-order valence-corrected chi connectivity index (χ1v) is 21.5. The molecule has 0 atom stereocenters. The lowest BCUT2D eigenvalue weighted by molar-refractivity contribution is -0.136. The molecule has 0 unspecified atom stereocenters. The minimum atomic E-state index is -4.82. The average Bonchev–Trinajstić information content (AvgIpc) is 3.71. The van der Waals surface area contributed by atoms with Gasteiger partial charge in [0.2, 0.25) is 21.6 Å². The van der Waals surface area contributed by atoms with Crippen molar-refractivity contribution in [2.45, 2.75) is 40.9 Å². The number of halogens is 3. The molecule has 21 heteroatoms. The Labute approximate surface area is 358 Å².